The van der Waals surface area contributed by atoms with Gasteiger partial charge in [-0.25, -0.2) is 0 Å². The summed E-state index contributed by atoms with van der Waals surface area (Å²) >= 11 is 1.57. The fraction of sp³-hybridized carbons (Fsp3) is 0.400. The number of hydrogen-bond donors (Lipinski definition) is 0. The first-order valence-corrected chi connectivity index (χ1v) is 9.97. The van der Waals surface area contributed by atoms with Crippen LogP contribution in [0.4, 0.5) is 13.2 Å². The molecule has 4 nitrogen and oxygen atoms in total. The van der Waals surface area contributed by atoms with Crippen molar-refractivity contribution in [3.05, 3.63) is 58.8 Å². The second-order valence-corrected chi connectivity index (χ2v) is 8.54. The van der Waals surface area contributed by atoms with Gasteiger partial charge in [-0.3, -0.25) is 4.90 Å². The molecule has 0 aliphatic carbocycles. The van der Waals surface area contributed by atoms with E-state index in [1.54, 1.807) is 24.9 Å². The van der Waals surface area contributed by atoms with Crippen LogP contribution in [0.3, 0.4) is 0 Å². The van der Waals surface area contributed by atoms with Gasteiger partial charge in [-0.1, -0.05) is 30.0 Å². The van der Waals surface area contributed by atoms with E-state index in [0.29, 0.717) is 32.6 Å². The van der Waals surface area contributed by atoms with Gasteiger partial charge in [-0.15, -0.1) is 13.2 Å². The Bertz CT molecular complexity index is 863. The van der Waals surface area contributed by atoms with Crippen LogP contribution in [-0.2, 0) is 6.42 Å². The summed E-state index contributed by atoms with van der Waals surface area (Å²) in [5.41, 5.74) is 1.99. The van der Waals surface area contributed by atoms with Crippen molar-refractivity contribution in [2.45, 2.75) is 28.6 Å². The number of benzene rings is 2. The van der Waals surface area contributed by atoms with Gasteiger partial charge in [-0.2, -0.15) is 0 Å². The lowest BCUT2D eigenvalue weighted by Gasteiger charge is -2.47. The fourth-order valence-corrected chi connectivity index (χ4v) is 4.94. The molecule has 2 aliphatic rings. The molecule has 0 N–H and O–H groups in total. The van der Waals surface area contributed by atoms with Crippen molar-refractivity contribution in [3.63, 3.8) is 0 Å². The molecule has 1 atom stereocenters. The summed E-state index contributed by atoms with van der Waals surface area (Å²) in [6, 6.07) is 12.5. The predicted octanol–water partition coefficient (Wildman–Crippen LogP) is 4.59. The highest BCUT2D eigenvalue weighted by Gasteiger charge is 2.34. The fourth-order valence-electron chi connectivity index (χ4n) is 3.83. The van der Waals surface area contributed by atoms with E-state index in [1.807, 2.05) is 18.2 Å². The lowest BCUT2D eigenvalue weighted by atomic mass is 9.96. The van der Waals surface area contributed by atoms with E-state index in [1.165, 1.54) is 12.1 Å². The summed E-state index contributed by atoms with van der Waals surface area (Å²) in [5.74, 6) is -0.204. The summed E-state index contributed by atoms with van der Waals surface area (Å²) in [6.45, 7) is 2.17. The van der Waals surface area contributed by atoms with E-state index >= 15 is 0 Å². The van der Waals surface area contributed by atoms with E-state index in [4.69, 9.17) is 0 Å². The Labute approximate surface area is 166 Å². The van der Waals surface area contributed by atoms with Crippen LogP contribution in [0.5, 0.6) is 5.75 Å². The second kappa shape index (κ2) is 7.26. The van der Waals surface area contributed by atoms with Crippen molar-refractivity contribution >= 4 is 11.8 Å². The number of hydrogen-bond acceptors (Lipinski definition) is 4. The smallest absolute Gasteiger partial charge is 0.573 e. The Morgan fingerprint density at radius 1 is 1.11 bits per heavy atom. The van der Waals surface area contributed by atoms with Crippen LogP contribution in [-0.4, -0.2) is 49.1 Å². The SMILES string of the molecule is C[N+]1([O-])CCN(C2Cc3ccccc3Sc3ccc(OC(F)(F)F)cc32)CC1. The van der Waals surface area contributed by atoms with Crippen molar-refractivity contribution in [1.29, 1.82) is 0 Å². The van der Waals surface area contributed by atoms with Crippen LogP contribution in [0, 0.1) is 5.21 Å². The maximum Gasteiger partial charge on any atom is 0.573 e. The number of hydroxylamine groups is 3. The summed E-state index contributed by atoms with van der Waals surface area (Å²) in [7, 11) is 1.67. The topological polar surface area (TPSA) is 35.5 Å². The zero-order valence-electron chi connectivity index (χ0n) is 15.4. The third-order valence-electron chi connectivity index (χ3n) is 5.34. The van der Waals surface area contributed by atoms with E-state index in [9.17, 15) is 18.4 Å². The van der Waals surface area contributed by atoms with Gasteiger partial charge in [0.1, 0.15) is 5.75 Å². The Morgan fingerprint density at radius 2 is 1.82 bits per heavy atom. The average Bonchev–Trinajstić information content (AvgIpc) is 2.77. The van der Waals surface area contributed by atoms with Crippen molar-refractivity contribution in [1.82, 2.24) is 4.90 Å². The average molecular weight is 410 g/mol. The molecule has 0 saturated carbocycles. The summed E-state index contributed by atoms with van der Waals surface area (Å²) in [6.07, 6.45) is -4.04. The minimum absolute atomic E-state index is 0.0942. The molecule has 0 bridgehead atoms. The maximum atomic E-state index is 12.7. The molecule has 0 amide bonds. The quantitative estimate of drug-likeness (QED) is 0.536. The molecule has 2 heterocycles. The van der Waals surface area contributed by atoms with Crippen LogP contribution in [0.25, 0.3) is 0 Å². The van der Waals surface area contributed by atoms with E-state index in [0.717, 1.165) is 20.9 Å². The number of fused-ring (bicyclic) bond motifs is 2. The zero-order valence-corrected chi connectivity index (χ0v) is 16.2. The van der Waals surface area contributed by atoms with Crippen molar-refractivity contribution < 1.29 is 22.6 Å². The van der Waals surface area contributed by atoms with Crippen LogP contribution >= 0.6 is 11.8 Å². The molecule has 0 radical (unpaired) electrons. The molecule has 2 aromatic carbocycles. The molecule has 4 rings (SSSR count). The second-order valence-electron chi connectivity index (χ2n) is 7.46. The maximum absolute atomic E-state index is 12.7. The summed E-state index contributed by atoms with van der Waals surface area (Å²) in [5, 5.41) is 12.2. The van der Waals surface area contributed by atoms with Gasteiger partial charge in [0, 0.05) is 28.9 Å². The third kappa shape index (κ3) is 4.30. The van der Waals surface area contributed by atoms with E-state index < -0.39 is 6.36 Å². The number of likely N-dealkylation sites (N-methyl/N-ethyl adjacent to an activating group) is 1. The molecule has 1 unspecified atom stereocenters. The number of nitrogens with zero attached hydrogens (tertiary/aromatic N) is 2. The third-order valence-corrected chi connectivity index (χ3v) is 6.55. The predicted molar refractivity (Wildman–Crippen MR) is 101 cm³/mol. The molecule has 2 aromatic rings. The first kappa shape index (κ1) is 19.6. The van der Waals surface area contributed by atoms with Crippen molar-refractivity contribution in [2.75, 3.05) is 33.2 Å². The highest BCUT2D eigenvalue weighted by Crippen LogP contribution is 2.44. The highest BCUT2D eigenvalue weighted by atomic mass is 32.2. The van der Waals surface area contributed by atoms with Gasteiger partial charge in [0.25, 0.3) is 0 Å². The van der Waals surface area contributed by atoms with Gasteiger partial charge in [0.15, 0.2) is 0 Å². The van der Waals surface area contributed by atoms with Gasteiger partial charge in [0.05, 0.1) is 20.1 Å². The molecular formula is C20H21F3N2O2S. The number of alkyl halides is 3. The minimum atomic E-state index is -4.72. The molecule has 8 heteroatoms. The van der Waals surface area contributed by atoms with Crippen LogP contribution in [0.15, 0.2) is 52.3 Å². The lowest BCUT2D eigenvalue weighted by molar-refractivity contribution is -0.865. The molecule has 150 valence electrons. The monoisotopic (exact) mass is 410 g/mol. The van der Waals surface area contributed by atoms with Gasteiger partial charge >= 0.3 is 6.36 Å². The van der Waals surface area contributed by atoms with Crippen LogP contribution in [0.2, 0.25) is 0 Å². The highest BCUT2D eigenvalue weighted by molar-refractivity contribution is 7.99. The van der Waals surface area contributed by atoms with Gasteiger partial charge < -0.3 is 14.6 Å². The Morgan fingerprint density at radius 3 is 2.54 bits per heavy atom. The van der Waals surface area contributed by atoms with Crippen molar-refractivity contribution in [2.24, 2.45) is 0 Å². The lowest BCUT2D eigenvalue weighted by Crippen LogP contribution is -2.54. The van der Waals surface area contributed by atoms with Crippen molar-refractivity contribution in [3.8, 4) is 5.75 Å². The Kier molecular flexibility index (Phi) is 5.07. The number of piperazine rings is 1. The molecule has 28 heavy (non-hydrogen) atoms. The first-order valence-electron chi connectivity index (χ1n) is 9.15. The first-order chi connectivity index (χ1) is 13.2. The summed E-state index contributed by atoms with van der Waals surface area (Å²) in [4.78, 5) is 4.25. The van der Waals surface area contributed by atoms with Crippen LogP contribution in [0.1, 0.15) is 17.2 Å². The minimum Gasteiger partial charge on any atom is -0.633 e. The molecule has 1 saturated heterocycles. The number of quaternary nitrogens is 1. The Balaban J connectivity index is 1.72. The Hall–Kier alpha value is -1.74. The standard InChI is InChI=1S/C20H21F3N2O2S/c1-25(26)10-8-24(9-11-25)17-12-14-4-2-3-5-18(14)28-19-7-6-15(13-16(17)19)27-20(21,22)23/h2-7,13,17H,8-12H2,1H3. The summed E-state index contributed by atoms with van der Waals surface area (Å²) < 4.78 is 42.1. The van der Waals surface area contributed by atoms with E-state index in [-0.39, 0.29) is 16.4 Å². The van der Waals surface area contributed by atoms with Crippen LogP contribution < -0.4 is 4.74 Å². The number of ether oxygens (including phenoxy) is 1. The molecule has 2 aliphatic heterocycles. The molecule has 0 aromatic heterocycles. The molecular weight excluding hydrogens is 389 g/mol. The normalized spacial score (nSPS) is 22.1. The number of halogens is 3. The number of rotatable bonds is 2. The zero-order chi connectivity index (χ0) is 19.9. The molecule has 0 spiro atoms. The van der Waals surface area contributed by atoms with Gasteiger partial charge in [-0.05, 0) is 41.8 Å². The molecule has 1 fully saturated rings. The van der Waals surface area contributed by atoms with Gasteiger partial charge in [0.2, 0.25) is 0 Å². The largest absolute Gasteiger partial charge is 0.633 e. The van der Waals surface area contributed by atoms with E-state index in [2.05, 4.69) is 15.7 Å².